The number of piperazine rings is 1. The Hall–Kier alpha value is -1.90. The van der Waals surface area contributed by atoms with Crippen LogP contribution >= 0.6 is 0 Å². The second-order valence-corrected chi connectivity index (χ2v) is 4.45. The van der Waals surface area contributed by atoms with E-state index in [9.17, 15) is 14.4 Å². The summed E-state index contributed by atoms with van der Waals surface area (Å²) in [5.74, 6) is -2.32. The summed E-state index contributed by atoms with van der Waals surface area (Å²) in [5.41, 5.74) is -1.10. The molecule has 0 bridgehead atoms. The van der Waals surface area contributed by atoms with Gasteiger partial charge in [0.25, 0.3) is 5.91 Å². The summed E-state index contributed by atoms with van der Waals surface area (Å²) in [7, 11) is 0. The fourth-order valence-corrected chi connectivity index (χ4v) is 1.65. The number of hydrogen-bond donors (Lipinski definition) is 1. The number of nitrogens with zero attached hydrogens (tertiary/aromatic N) is 2. The minimum atomic E-state index is -1.10. The first-order valence-electron chi connectivity index (χ1n) is 5.40. The van der Waals surface area contributed by atoms with Crippen molar-refractivity contribution in [3.8, 4) is 6.07 Å². The van der Waals surface area contributed by atoms with Gasteiger partial charge >= 0.3 is 0 Å². The Morgan fingerprint density at radius 3 is 2.65 bits per heavy atom. The highest BCUT2D eigenvalue weighted by molar-refractivity contribution is 6.06. The van der Waals surface area contributed by atoms with Crippen LogP contribution in [0.5, 0.6) is 0 Å². The van der Waals surface area contributed by atoms with Crippen LogP contribution in [-0.2, 0) is 14.4 Å². The van der Waals surface area contributed by atoms with Crippen molar-refractivity contribution < 1.29 is 14.4 Å². The third-order valence-electron chi connectivity index (χ3n) is 2.91. The Labute approximate surface area is 99.6 Å². The zero-order chi connectivity index (χ0) is 13.2. The third-order valence-corrected chi connectivity index (χ3v) is 2.91. The number of imide groups is 1. The maximum atomic E-state index is 12.0. The highest BCUT2D eigenvalue weighted by atomic mass is 16.2. The van der Waals surface area contributed by atoms with Crippen LogP contribution in [0.2, 0.25) is 0 Å². The quantitative estimate of drug-likeness (QED) is 0.673. The fraction of sp³-hybridized carbons (Fsp3) is 0.636. The highest BCUT2D eigenvalue weighted by Gasteiger charge is 2.44. The summed E-state index contributed by atoms with van der Waals surface area (Å²) >= 11 is 0. The van der Waals surface area contributed by atoms with E-state index in [1.165, 1.54) is 4.90 Å². The van der Waals surface area contributed by atoms with Gasteiger partial charge in [-0.05, 0) is 20.3 Å². The standard InChI is InChI=1S/C11H15N3O3/c1-4-7(5-12)9(16)14-6-8(15)13-10(17)11(14,2)3/h7H,4,6H2,1-3H3,(H,13,15,17). The number of amides is 3. The lowest BCUT2D eigenvalue weighted by atomic mass is 9.95. The van der Waals surface area contributed by atoms with E-state index in [2.05, 4.69) is 5.32 Å². The SMILES string of the molecule is CCC(C#N)C(=O)N1CC(=O)NC(=O)C1(C)C. The molecule has 17 heavy (non-hydrogen) atoms. The Bertz CT molecular complexity index is 409. The van der Waals surface area contributed by atoms with E-state index in [4.69, 9.17) is 5.26 Å². The van der Waals surface area contributed by atoms with Gasteiger partial charge in [-0.3, -0.25) is 19.7 Å². The molecule has 0 aromatic rings. The zero-order valence-corrected chi connectivity index (χ0v) is 10.1. The molecule has 0 aromatic carbocycles. The number of nitriles is 1. The molecule has 0 spiro atoms. The van der Waals surface area contributed by atoms with Gasteiger partial charge in [0.2, 0.25) is 11.8 Å². The first-order chi connectivity index (χ1) is 7.84. The van der Waals surface area contributed by atoms with Crippen LogP contribution in [0.3, 0.4) is 0 Å². The molecule has 1 heterocycles. The molecular weight excluding hydrogens is 222 g/mol. The molecule has 1 N–H and O–H groups in total. The van der Waals surface area contributed by atoms with Crippen LogP contribution in [0.4, 0.5) is 0 Å². The molecule has 1 saturated heterocycles. The molecule has 0 radical (unpaired) electrons. The van der Waals surface area contributed by atoms with Crippen LogP contribution in [-0.4, -0.2) is 34.7 Å². The molecule has 6 nitrogen and oxygen atoms in total. The van der Waals surface area contributed by atoms with Crippen molar-refractivity contribution in [1.29, 1.82) is 5.26 Å². The molecule has 0 aromatic heterocycles. The summed E-state index contributed by atoms with van der Waals surface area (Å²) in [5, 5.41) is 11.0. The number of nitrogens with one attached hydrogen (secondary N) is 1. The maximum Gasteiger partial charge on any atom is 0.252 e. The van der Waals surface area contributed by atoms with Crippen molar-refractivity contribution >= 4 is 17.7 Å². The number of carbonyl (C=O) groups is 3. The fourth-order valence-electron chi connectivity index (χ4n) is 1.65. The lowest BCUT2D eigenvalue weighted by Crippen LogP contribution is -2.66. The molecule has 1 atom stereocenters. The number of hydrogen-bond acceptors (Lipinski definition) is 4. The molecular formula is C11H15N3O3. The smallest absolute Gasteiger partial charge is 0.252 e. The monoisotopic (exact) mass is 237 g/mol. The lowest BCUT2D eigenvalue weighted by Gasteiger charge is -2.40. The van der Waals surface area contributed by atoms with Crippen LogP contribution in [0.25, 0.3) is 0 Å². The van der Waals surface area contributed by atoms with Crippen LogP contribution in [0, 0.1) is 17.2 Å². The first-order valence-corrected chi connectivity index (χ1v) is 5.40. The van der Waals surface area contributed by atoms with E-state index in [1.807, 2.05) is 6.07 Å². The van der Waals surface area contributed by atoms with Gasteiger partial charge in [0, 0.05) is 0 Å². The van der Waals surface area contributed by atoms with E-state index >= 15 is 0 Å². The first kappa shape index (κ1) is 13.2. The molecule has 1 aliphatic rings. The van der Waals surface area contributed by atoms with Crippen molar-refractivity contribution in [2.45, 2.75) is 32.7 Å². The predicted octanol–water partition coefficient (Wildman–Crippen LogP) is -0.200. The minimum absolute atomic E-state index is 0.185. The topological polar surface area (TPSA) is 90.3 Å². The largest absolute Gasteiger partial charge is 0.318 e. The van der Waals surface area contributed by atoms with Crippen molar-refractivity contribution in [1.82, 2.24) is 10.2 Å². The van der Waals surface area contributed by atoms with Crippen molar-refractivity contribution in [3.63, 3.8) is 0 Å². The lowest BCUT2D eigenvalue weighted by molar-refractivity contribution is -0.156. The molecule has 1 rings (SSSR count). The normalized spacial score (nSPS) is 20.5. The molecule has 0 saturated carbocycles. The minimum Gasteiger partial charge on any atom is -0.318 e. The molecule has 1 unspecified atom stereocenters. The van der Waals surface area contributed by atoms with Crippen molar-refractivity contribution in [2.75, 3.05) is 6.54 Å². The Kier molecular flexibility index (Phi) is 3.51. The number of carbonyl (C=O) groups excluding carboxylic acids is 3. The Morgan fingerprint density at radius 2 is 2.18 bits per heavy atom. The average Bonchev–Trinajstić information content (AvgIpc) is 2.25. The highest BCUT2D eigenvalue weighted by Crippen LogP contribution is 2.21. The van der Waals surface area contributed by atoms with Crippen LogP contribution < -0.4 is 5.32 Å². The Morgan fingerprint density at radius 1 is 1.59 bits per heavy atom. The van der Waals surface area contributed by atoms with Gasteiger partial charge in [-0.15, -0.1) is 0 Å². The van der Waals surface area contributed by atoms with Gasteiger partial charge < -0.3 is 4.90 Å². The van der Waals surface area contributed by atoms with Crippen molar-refractivity contribution in [2.24, 2.45) is 5.92 Å². The summed E-state index contributed by atoms with van der Waals surface area (Å²) in [4.78, 5) is 36.1. The van der Waals surface area contributed by atoms with E-state index in [0.717, 1.165) is 0 Å². The van der Waals surface area contributed by atoms with E-state index in [1.54, 1.807) is 20.8 Å². The zero-order valence-electron chi connectivity index (χ0n) is 10.1. The van der Waals surface area contributed by atoms with Gasteiger partial charge in [-0.25, -0.2) is 0 Å². The van der Waals surface area contributed by atoms with Gasteiger partial charge in [-0.1, -0.05) is 6.92 Å². The molecule has 0 aliphatic carbocycles. The van der Waals surface area contributed by atoms with E-state index in [-0.39, 0.29) is 6.54 Å². The second-order valence-electron chi connectivity index (χ2n) is 4.45. The predicted molar refractivity (Wildman–Crippen MR) is 58.3 cm³/mol. The van der Waals surface area contributed by atoms with Gasteiger partial charge in [0.15, 0.2) is 0 Å². The summed E-state index contributed by atoms with van der Waals surface area (Å²) in [6, 6.07) is 1.88. The van der Waals surface area contributed by atoms with Crippen LogP contribution in [0.15, 0.2) is 0 Å². The van der Waals surface area contributed by atoms with E-state index in [0.29, 0.717) is 6.42 Å². The van der Waals surface area contributed by atoms with Gasteiger partial charge in [0.05, 0.1) is 6.07 Å². The molecule has 6 heteroatoms. The molecule has 3 amide bonds. The molecule has 92 valence electrons. The maximum absolute atomic E-state index is 12.0. The van der Waals surface area contributed by atoms with Gasteiger partial charge in [-0.2, -0.15) is 5.26 Å². The molecule has 1 fully saturated rings. The van der Waals surface area contributed by atoms with Crippen molar-refractivity contribution in [3.05, 3.63) is 0 Å². The Balaban J connectivity index is 3.02. The summed E-state index contributed by atoms with van der Waals surface area (Å²) in [6.07, 6.45) is 0.359. The summed E-state index contributed by atoms with van der Waals surface area (Å²) in [6.45, 7) is 4.63. The summed E-state index contributed by atoms with van der Waals surface area (Å²) < 4.78 is 0. The average molecular weight is 237 g/mol. The second kappa shape index (κ2) is 4.53. The number of rotatable bonds is 2. The molecule has 1 aliphatic heterocycles. The van der Waals surface area contributed by atoms with Gasteiger partial charge in [0.1, 0.15) is 18.0 Å². The van der Waals surface area contributed by atoms with E-state index < -0.39 is 29.2 Å². The van der Waals surface area contributed by atoms with Crippen LogP contribution in [0.1, 0.15) is 27.2 Å². The third kappa shape index (κ3) is 2.28.